The molecular formula is C8H5ClN2S. The molecule has 0 atom stereocenters. The van der Waals surface area contributed by atoms with Crippen LogP contribution in [-0.2, 0) is 0 Å². The smallest absolute Gasteiger partial charge is 0.124 e. The predicted molar refractivity (Wildman–Crippen MR) is 50.4 cm³/mol. The Balaban J connectivity index is 2.48. The van der Waals surface area contributed by atoms with Gasteiger partial charge in [0.1, 0.15) is 5.01 Å². The van der Waals surface area contributed by atoms with Gasteiger partial charge in [-0.3, -0.25) is 4.98 Å². The van der Waals surface area contributed by atoms with E-state index in [1.54, 1.807) is 29.9 Å². The third kappa shape index (κ3) is 1.47. The van der Waals surface area contributed by atoms with Crippen LogP contribution in [0.15, 0.2) is 30.0 Å². The Kier molecular flexibility index (Phi) is 2.06. The average Bonchev–Trinajstić information content (AvgIpc) is 2.56. The van der Waals surface area contributed by atoms with E-state index in [0.29, 0.717) is 5.02 Å². The second-order valence-corrected chi connectivity index (χ2v) is 3.56. The Hall–Kier alpha value is -0.930. The standard InChI is InChI=1S/C8H5ClN2S/c9-7-3-6(4-10-5-7)8-11-1-2-12-8/h1-5H. The molecule has 60 valence electrons. The van der Waals surface area contributed by atoms with Crippen LogP contribution >= 0.6 is 22.9 Å². The van der Waals surface area contributed by atoms with Crippen LogP contribution in [0.3, 0.4) is 0 Å². The van der Waals surface area contributed by atoms with Gasteiger partial charge in [0.25, 0.3) is 0 Å². The largest absolute Gasteiger partial charge is 0.262 e. The number of hydrogen-bond donors (Lipinski definition) is 0. The Morgan fingerprint density at radius 2 is 2.25 bits per heavy atom. The van der Waals surface area contributed by atoms with Crippen molar-refractivity contribution in [1.29, 1.82) is 0 Å². The Bertz CT molecular complexity index is 372. The summed E-state index contributed by atoms with van der Waals surface area (Å²) >= 11 is 7.35. The molecule has 0 amide bonds. The topological polar surface area (TPSA) is 25.8 Å². The minimum absolute atomic E-state index is 0.641. The van der Waals surface area contributed by atoms with Crippen LogP contribution in [0.2, 0.25) is 5.02 Å². The summed E-state index contributed by atoms with van der Waals surface area (Å²) in [6.45, 7) is 0. The van der Waals surface area contributed by atoms with E-state index in [2.05, 4.69) is 9.97 Å². The van der Waals surface area contributed by atoms with Gasteiger partial charge in [-0.1, -0.05) is 11.6 Å². The highest BCUT2D eigenvalue weighted by Gasteiger charge is 2.00. The average molecular weight is 197 g/mol. The van der Waals surface area contributed by atoms with Gasteiger partial charge in [-0.15, -0.1) is 11.3 Å². The molecule has 0 radical (unpaired) electrons. The summed E-state index contributed by atoms with van der Waals surface area (Å²) in [4.78, 5) is 8.12. The number of nitrogens with zero attached hydrogens (tertiary/aromatic N) is 2. The monoisotopic (exact) mass is 196 g/mol. The zero-order chi connectivity index (χ0) is 8.39. The second-order valence-electron chi connectivity index (χ2n) is 2.23. The van der Waals surface area contributed by atoms with Gasteiger partial charge in [0.05, 0.1) is 5.02 Å². The van der Waals surface area contributed by atoms with Crippen molar-refractivity contribution in [2.45, 2.75) is 0 Å². The molecule has 0 N–H and O–H groups in total. The van der Waals surface area contributed by atoms with Gasteiger partial charge in [0.15, 0.2) is 0 Å². The van der Waals surface area contributed by atoms with Crippen LogP contribution in [0.4, 0.5) is 0 Å². The zero-order valence-electron chi connectivity index (χ0n) is 6.07. The first-order valence-electron chi connectivity index (χ1n) is 3.37. The SMILES string of the molecule is Clc1cncc(-c2nccs2)c1. The lowest BCUT2D eigenvalue weighted by Gasteiger charge is -1.94. The molecule has 0 aromatic carbocycles. The van der Waals surface area contributed by atoms with E-state index >= 15 is 0 Å². The predicted octanol–water partition coefficient (Wildman–Crippen LogP) is 2.86. The van der Waals surface area contributed by atoms with Crippen LogP contribution < -0.4 is 0 Å². The second kappa shape index (κ2) is 3.21. The molecule has 0 aliphatic rings. The maximum absolute atomic E-state index is 5.78. The summed E-state index contributed by atoms with van der Waals surface area (Å²) in [5, 5.41) is 3.52. The van der Waals surface area contributed by atoms with Gasteiger partial charge in [0.2, 0.25) is 0 Å². The fourth-order valence-electron chi connectivity index (χ4n) is 0.895. The number of aromatic nitrogens is 2. The van der Waals surface area contributed by atoms with E-state index in [-0.39, 0.29) is 0 Å². The summed E-state index contributed by atoms with van der Waals surface area (Å²) in [6, 6.07) is 1.85. The van der Waals surface area contributed by atoms with Gasteiger partial charge in [-0.25, -0.2) is 4.98 Å². The van der Waals surface area contributed by atoms with E-state index in [0.717, 1.165) is 10.6 Å². The van der Waals surface area contributed by atoms with Crippen molar-refractivity contribution in [3.8, 4) is 10.6 Å². The molecule has 0 bridgehead atoms. The van der Waals surface area contributed by atoms with E-state index in [9.17, 15) is 0 Å². The van der Waals surface area contributed by atoms with Crippen molar-refractivity contribution < 1.29 is 0 Å². The third-order valence-electron chi connectivity index (χ3n) is 1.38. The highest BCUT2D eigenvalue weighted by Crippen LogP contribution is 2.22. The Morgan fingerprint density at radius 3 is 2.92 bits per heavy atom. The quantitative estimate of drug-likeness (QED) is 0.701. The molecule has 2 aromatic rings. The first-order valence-corrected chi connectivity index (χ1v) is 4.62. The maximum Gasteiger partial charge on any atom is 0.124 e. The van der Waals surface area contributed by atoms with Gasteiger partial charge < -0.3 is 0 Å². The molecule has 0 unspecified atom stereocenters. The summed E-state index contributed by atoms with van der Waals surface area (Å²) < 4.78 is 0. The van der Waals surface area contributed by atoms with E-state index in [4.69, 9.17) is 11.6 Å². The van der Waals surface area contributed by atoms with E-state index in [1.807, 2.05) is 11.4 Å². The minimum atomic E-state index is 0.641. The first-order chi connectivity index (χ1) is 5.86. The van der Waals surface area contributed by atoms with Crippen LogP contribution in [0, 0.1) is 0 Å². The van der Waals surface area contributed by atoms with Crippen molar-refractivity contribution in [1.82, 2.24) is 9.97 Å². The summed E-state index contributed by atoms with van der Waals surface area (Å²) in [5.74, 6) is 0. The molecule has 0 aliphatic carbocycles. The van der Waals surface area contributed by atoms with Gasteiger partial charge >= 0.3 is 0 Å². The highest BCUT2D eigenvalue weighted by molar-refractivity contribution is 7.13. The van der Waals surface area contributed by atoms with Gasteiger partial charge in [-0.2, -0.15) is 0 Å². The highest BCUT2D eigenvalue weighted by atomic mass is 35.5. The summed E-state index contributed by atoms with van der Waals surface area (Å²) in [7, 11) is 0. The lowest BCUT2D eigenvalue weighted by molar-refractivity contribution is 1.31. The fraction of sp³-hybridized carbons (Fsp3) is 0. The summed E-state index contributed by atoms with van der Waals surface area (Å²) in [6.07, 6.45) is 5.13. The number of thiazole rings is 1. The number of pyridine rings is 1. The van der Waals surface area contributed by atoms with Crippen molar-refractivity contribution >= 4 is 22.9 Å². The molecule has 12 heavy (non-hydrogen) atoms. The third-order valence-corrected chi connectivity index (χ3v) is 2.41. The molecule has 0 saturated carbocycles. The van der Waals surface area contributed by atoms with Crippen LogP contribution in [-0.4, -0.2) is 9.97 Å². The first kappa shape index (κ1) is 7.71. The summed E-state index contributed by atoms with van der Waals surface area (Å²) in [5.41, 5.74) is 0.970. The molecular weight excluding hydrogens is 192 g/mol. The lowest BCUT2D eigenvalue weighted by Crippen LogP contribution is -1.77. The van der Waals surface area contributed by atoms with Crippen LogP contribution in [0.1, 0.15) is 0 Å². The van der Waals surface area contributed by atoms with E-state index < -0.39 is 0 Å². The molecule has 0 saturated heterocycles. The molecule has 2 nitrogen and oxygen atoms in total. The molecule has 0 aliphatic heterocycles. The number of hydrogen-bond acceptors (Lipinski definition) is 3. The van der Waals surface area contributed by atoms with Crippen molar-refractivity contribution in [2.24, 2.45) is 0 Å². The number of rotatable bonds is 1. The Labute approximate surface area is 78.9 Å². The lowest BCUT2D eigenvalue weighted by atomic mass is 10.3. The molecule has 2 rings (SSSR count). The number of halogens is 1. The Morgan fingerprint density at radius 1 is 1.33 bits per heavy atom. The molecule has 2 aromatic heterocycles. The maximum atomic E-state index is 5.78. The van der Waals surface area contributed by atoms with Crippen molar-refractivity contribution in [3.63, 3.8) is 0 Å². The molecule has 2 heterocycles. The normalized spacial score (nSPS) is 10.1. The molecule has 0 spiro atoms. The minimum Gasteiger partial charge on any atom is -0.262 e. The van der Waals surface area contributed by atoms with Gasteiger partial charge in [-0.05, 0) is 6.07 Å². The van der Waals surface area contributed by atoms with E-state index in [1.165, 1.54) is 0 Å². The van der Waals surface area contributed by atoms with Crippen LogP contribution in [0.25, 0.3) is 10.6 Å². The molecule has 0 fully saturated rings. The van der Waals surface area contributed by atoms with Gasteiger partial charge in [0, 0.05) is 29.5 Å². The zero-order valence-corrected chi connectivity index (χ0v) is 7.64. The molecule has 4 heteroatoms. The van der Waals surface area contributed by atoms with Crippen LogP contribution in [0.5, 0.6) is 0 Å². The van der Waals surface area contributed by atoms with Crippen molar-refractivity contribution in [2.75, 3.05) is 0 Å². The van der Waals surface area contributed by atoms with Crippen molar-refractivity contribution in [3.05, 3.63) is 35.1 Å². The fourth-order valence-corrected chi connectivity index (χ4v) is 1.69.